The number of nitrogens with zero attached hydrogens (tertiary/aromatic N) is 1. The highest BCUT2D eigenvalue weighted by atomic mass is 16.5. The Hall–Kier alpha value is -2.89. The van der Waals surface area contributed by atoms with Crippen molar-refractivity contribution < 1.29 is 19.4 Å². The summed E-state index contributed by atoms with van der Waals surface area (Å²) in [6, 6.07) is 7.36. The molecule has 6 heteroatoms. The Morgan fingerprint density at radius 2 is 1.95 bits per heavy atom. The van der Waals surface area contributed by atoms with Crippen LogP contribution in [0.4, 0.5) is 5.69 Å². The van der Waals surface area contributed by atoms with E-state index in [1.165, 1.54) is 30.6 Å². The molecule has 0 fully saturated rings. The first-order valence-electron chi connectivity index (χ1n) is 6.33. The molecule has 0 spiro atoms. The molecule has 0 bridgehead atoms. The Balaban J connectivity index is 2.14. The number of amides is 1. The van der Waals surface area contributed by atoms with Crippen molar-refractivity contribution in [1.82, 2.24) is 4.98 Å². The highest BCUT2D eigenvalue weighted by Gasteiger charge is 2.13. The fourth-order valence-corrected chi connectivity index (χ4v) is 1.70. The van der Waals surface area contributed by atoms with Crippen LogP contribution in [0.3, 0.4) is 0 Å². The number of anilines is 1. The number of rotatable bonds is 4. The number of hydrogen-bond donors (Lipinski definition) is 2. The number of phenols is 1. The lowest BCUT2D eigenvalue weighted by molar-refractivity contribution is 0.0523. The molecule has 1 aromatic carbocycles. The maximum Gasteiger partial charge on any atom is 0.341 e. The van der Waals surface area contributed by atoms with E-state index in [-0.39, 0.29) is 23.8 Å². The molecule has 1 amide bonds. The van der Waals surface area contributed by atoms with Gasteiger partial charge in [0.05, 0.1) is 6.61 Å². The van der Waals surface area contributed by atoms with Gasteiger partial charge in [0.2, 0.25) is 0 Å². The number of phenolic OH excluding ortho intramolecular Hbond substituents is 1. The van der Waals surface area contributed by atoms with Crippen LogP contribution in [0.5, 0.6) is 5.75 Å². The minimum atomic E-state index is -0.609. The van der Waals surface area contributed by atoms with Crippen molar-refractivity contribution >= 4 is 17.6 Å². The number of ether oxygens (including phenoxy) is 1. The van der Waals surface area contributed by atoms with Crippen LogP contribution in [0.15, 0.2) is 42.7 Å². The molecule has 21 heavy (non-hydrogen) atoms. The summed E-state index contributed by atoms with van der Waals surface area (Å²) in [6.45, 7) is 1.90. The highest BCUT2D eigenvalue weighted by molar-refractivity contribution is 6.04. The fourth-order valence-electron chi connectivity index (χ4n) is 1.70. The third-order valence-corrected chi connectivity index (χ3v) is 2.69. The predicted molar refractivity (Wildman–Crippen MR) is 76.3 cm³/mol. The summed E-state index contributed by atoms with van der Waals surface area (Å²) in [5.41, 5.74) is 0.875. The Labute approximate surface area is 121 Å². The average Bonchev–Trinajstić information content (AvgIpc) is 2.48. The third-order valence-electron chi connectivity index (χ3n) is 2.69. The normalized spacial score (nSPS) is 9.95. The number of pyridine rings is 1. The van der Waals surface area contributed by atoms with Crippen molar-refractivity contribution in [3.8, 4) is 5.75 Å². The van der Waals surface area contributed by atoms with Gasteiger partial charge < -0.3 is 15.2 Å². The first-order valence-corrected chi connectivity index (χ1v) is 6.33. The number of hydrogen-bond acceptors (Lipinski definition) is 5. The van der Waals surface area contributed by atoms with Crippen LogP contribution in [0.1, 0.15) is 27.6 Å². The number of benzene rings is 1. The van der Waals surface area contributed by atoms with Crippen LogP contribution in [-0.2, 0) is 4.74 Å². The van der Waals surface area contributed by atoms with Crippen molar-refractivity contribution in [2.24, 2.45) is 0 Å². The zero-order valence-electron chi connectivity index (χ0n) is 11.4. The molecular formula is C15H14N2O4. The van der Waals surface area contributed by atoms with Crippen LogP contribution in [0.25, 0.3) is 0 Å². The smallest absolute Gasteiger partial charge is 0.341 e. The molecular weight excluding hydrogens is 272 g/mol. The van der Waals surface area contributed by atoms with Gasteiger partial charge in [-0.1, -0.05) is 0 Å². The maximum atomic E-state index is 11.9. The molecule has 0 unspecified atom stereocenters. The monoisotopic (exact) mass is 286 g/mol. The number of aromatic hydroxyl groups is 1. The van der Waals surface area contributed by atoms with Gasteiger partial charge in [0, 0.05) is 29.7 Å². The highest BCUT2D eigenvalue weighted by Crippen LogP contribution is 2.23. The number of carbonyl (C=O) groups is 2. The van der Waals surface area contributed by atoms with E-state index in [2.05, 4.69) is 10.3 Å². The molecule has 1 aromatic heterocycles. The summed E-state index contributed by atoms with van der Waals surface area (Å²) in [5.74, 6) is -1.19. The molecule has 0 aliphatic rings. The van der Waals surface area contributed by atoms with Crippen molar-refractivity contribution in [3.05, 3.63) is 53.9 Å². The lowest BCUT2D eigenvalue weighted by Gasteiger charge is -2.08. The SMILES string of the molecule is CCOC(=O)c1ccc(NC(=O)c2ccncc2)cc1O. The predicted octanol–water partition coefficient (Wildman–Crippen LogP) is 2.22. The molecule has 108 valence electrons. The Morgan fingerprint density at radius 1 is 1.24 bits per heavy atom. The summed E-state index contributed by atoms with van der Waals surface area (Å²) in [4.78, 5) is 27.3. The lowest BCUT2D eigenvalue weighted by atomic mass is 10.1. The summed E-state index contributed by atoms with van der Waals surface area (Å²) in [7, 11) is 0. The topological polar surface area (TPSA) is 88.5 Å². The molecule has 2 aromatic rings. The Kier molecular flexibility index (Phi) is 4.50. The van der Waals surface area contributed by atoms with Crippen LogP contribution >= 0.6 is 0 Å². The van der Waals surface area contributed by atoms with E-state index >= 15 is 0 Å². The van der Waals surface area contributed by atoms with Gasteiger partial charge in [0.15, 0.2) is 0 Å². The minimum Gasteiger partial charge on any atom is -0.507 e. The zero-order chi connectivity index (χ0) is 15.2. The quantitative estimate of drug-likeness (QED) is 0.841. The van der Waals surface area contributed by atoms with E-state index in [9.17, 15) is 14.7 Å². The molecule has 2 rings (SSSR count). The van der Waals surface area contributed by atoms with Crippen molar-refractivity contribution in [2.75, 3.05) is 11.9 Å². The Morgan fingerprint density at radius 3 is 2.57 bits per heavy atom. The van der Waals surface area contributed by atoms with Crippen LogP contribution in [0, 0.1) is 0 Å². The largest absolute Gasteiger partial charge is 0.507 e. The lowest BCUT2D eigenvalue weighted by Crippen LogP contribution is -2.12. The van der Waals surface area contributed by atoms with Gasteiger partial charge in [0.1, 0.15) is 11.3 Å². The molecule has 0 saturated carbocycles. The zero-order valence-corrected chi connectivity index (χ0v) is 11.4. The van der Waals surface area contributed by atoms with Crippen LogP contribution in [0.2, 0.25) is 0 Å². The van der Waals surface area contributed by atoms with E-state index in [1.807, 2.05) is 0 Å². The number of esters is 1. The van der Waals surface area contributed by atoms with Gasteiger partial charge in [-0.2, -0.15) is 0 Å². The van der Waals surface area contributed by atoms with E-state index < -0.39 is 5.97 Å². The molecule has 0 atom stereocenters. The number of carbonyl (C=O) groups excluding carboxylic acids is 2. The summed E-state index contributed by atoms with van der Waals surface area (Å²) < 4.78 is 4.81. The van der Waals surface area contributed by atoms with Gasteiger partial charge in [-0.05, 0) is 31.2 Å². The minimum absolute atomic E-state index is 0.0544. The van der Waals surface area contributed by atoms with E-state index in [0.717, 1.165) is 0 Å². The number of aromatic nitrogens is 1. The molecule has 0 aliphatic heterocycles. The second-order valence-corrected chi connectivity index (χ2v) is 4.14. The molecule has 2 N–H and O–H groups in total. The van der Waals surface area contributed by atoms with E-state index in [4.69, 9.17) is 4.74 Å². The van der Waals surface area contributed by atoms with Crippen molar-refractivity contribution in [3.63, 3.8) is 0 Å². The maximum absolute atomic E-state index is 11.9. The standard InChI is InChI=1S/C15H14N2O4/c1-2-21-15(20)12-4-3-11(9-13(12)18)17-14(19)10-5-7-16-8-6-10/h3-9,18H,2H2,1H3,(H,17,19). The third kappa shape index (κ3) is 3.56. The van der Waals surface area contributed by atoms with E-state index in [1.54, 1.807) is 19.1 Å². The molecule has 0 aliphatic carbocycles. The van der Waals surface area contributed by atoms with Crippen molar-refractivity contribution in [1.29, 1.82) is 0 Å². The van der Waals surface area contributed by atoms with Gasteiger partial charge in [0.25, 0.3) is 5.91 Å². The van der Waals surface area contributed by atoms with Crippen LogP contribution < -0.4 is 5.32 Å². The summed E-state index contributed by atoms with van der Waals surface area (Å²) in [6.07, 6.45) is 3.02. The van der Waals surface area contributed by atoms with Gasteiger partial charge in [-0.25, -0.2) is 4.79 Å². The molecule has 1 heterocycles. The second-order valence-electron chi connectivity index (χ2n) is 4.14. The molecule has 6 nitrogen and oxygen atoms in total. The summed E-state index contributed by atoms with van der Waals surface area (Å²) in [5, 5.41) is 12.4. The fraction of sp³-hybridized carbons (Fsp3) is 0.133. The first-order chi connectivity index (χ1) is 10.1. The van der Waals surface area contributed by atoms with Gasteiger partial charge in [-0.3, -0.25) is 9.78 Å². The molecule has 0 saturated heterocycles. The van der Waals surface area contributed by atoms with E-state index in [0.29, 0.717) is 11.3 Å². The number of nitrogens with one attached hydrogen (secondary N) is 1. The average molecular weight is 286 g/mol. The van der Waals surface area contributed by atoms with Gasteiger partial charge >= 0.3 is 5.97 Å². The van der Waals surface area contributed by atoms with Crippen LogP contribution in [-0.4, -0.2) is 28.6 Å². The summed E-state index contributed by atoms with van der Waals surface area (Å²) >= 11 is 0. The first kappa shape index (κ1) is 14.5. The van der Waals surface area contributed by atoms with Crippen molar-refractivity contribution in [2.45, 2.75) is 6.92 Å². The van der Waals surface area contributed by atoms with Gasteiger partial charge in [-0.15, -0.1) is 0 Å². The Bertz CT molecular complexity index is 656. The second kappa shape index (κ2) is 6.51. The molecule has 0 radical (unpaired) electrons.